The van der Waals surface area contributed by atoms with E-state index in [1.165, 1.54) is 30.8 Å². The molecular formula is C17H27N2O3+. The molecule has 0 bridgehead atoms. The van der Waals surface area contributed by atoms with Gasteiger partial charge in [-0.2, -0.15) is 0 Å². The third kappa shape index (κ3) is 5.56. The minimum Gasteiger partial charge on any atom is -0.491 e. The van der Waals surface area contributed by atoms with E-state index in [-0.39, 0.29) is 0 Å². The number of amides is 1. The summed E-state index contributed by atoms with van der Waals surface area (Å²) in [5.41, 5.74) is 0.664. The normalized spacial score (nSPS) is 14.8. The van der Waals surface area contributed by atoms with E-state index in [1.807, 2.05) is 24.3 Å². The first-order valence-electron chi connectivity index (χ1n) is 8.28. The Morgan fingerprint density at radius 3 is 2.77 bits per heavy atom. The smallest absolute Gasteiger partial charge is 0.411 e. The number of benzene rings is 1. The van der Waals surface area contributed by atoms with Crippen LogP contribution in [0, 0.1) is 0 Å². The Kier molecular flexibility index (Phi) is 7.03. The van der Waals surface area contributed by atoms with Crippen LogP contribution in [0.2, 0.25) is 0 Å². The van der Waals surface area contributed by atoms with Crippen LogP contribution in [0.3, 0.4) is 0 Å². The van der Waals surface area contributed by atoms with Crippen LogP contribution in [0.15, 0.2) is 24.3 Å². The van der Waals surface area contributed by atoms with Crippen molar-refractivity contribution in [3.63, 3.8) is 0 Å². The number of unbranched alkanes of at least 4 members (excludes halogenated alkanes) is 1. The number of anilines is 1. The molecule has 2 rings (SSSR count). The Hall–Kier alpha value is -1.75. The van der Waals surface area contributed by atoms with Gasteiger partial charge in [0.1, 0.15) is 18.9 Å². The first-order chi connectivity index (χ1) is 10.8. The van der Waals surface area contributed by atoms with Gasteiger partial charge in [-0.15, -0.1) is 0 Å². The van der Waals surface area contributed by atoms with Crippen molar-refractivity contribution in [2.24, 2.45) is 0 Å². The number of nitrogens with one attached hydrogen (secondary N) is 2. The molecule has 22 heavy (non-hydrogen) atoms. The molecule has 122 valence electrons. The highest BCUT2D eigenvalue weighted by atomic mass is 16.5. The number of quaternary nitrogens is 1. The van der Waals surface area contributed by atoms with Crippen LogP contribution in [0.1, 0.15) is 32.6 Å². The van der Waals surface area contributed by atoms with Crippen molar-refractivity contribution in [1.29, 1.82) is 0 Å². The van der Waals surface area contributed by atoms with Crippen LogP contribution in [-0.4, -0.2) is 38.9 Å². The fourth-order valence-corrected chi connectivity index (χ4v) is 2.58. The fraction of sp³-hybridized carbons (Fsp3) is 0.588. The predicted molar refractivity (Wildman–Crippen MR) is 86.6 cm³/mol. The van der Waals surface area contributed by atoms with Crippen molar-refractivity contribution in [2.45, 2.75) is 32.6 Å². The minimum atomic E-state index is -0.412. The maximum atomic E-state index is 11.9. The van der Waals surface area contributed by atoms with Crippen molar-refractivity contribution in [3.05, 3.63) is 24.3 Å². The summed E-state index contributed by atoms with van der Waals surface area (Å²) in [4.78, 5) is 13.4. The number of ether oxygens (including phenoxy) is 2. The summed E-state index contributed by atoms with van der Waals surface area (Å²) in [7, 11) is 0. The summed E-state index contributed by atoms with van der Waals surface area (Å²) in [6.45, 7) is 6.51. The Balaban J connectivity index is 1.75. The maximum absolute atomic E-state index is 11.9. The van der Waals surface area contributed by atoms with Gasteiger partial charge in [-0.3, -0.25) is 5.32 Å². The summed E-state index contributed by atoms with van der Waals surface area (Å²) in [5, 5.41) is 2.77. The monoisotopic (exact) mass is 307 g/mol. The first kappa shape index (κ1) is 16.6. The number of hydrogen-bond donors (Lipinski definition) is 2. The van der Waals surface area contributed by atoms with E-state index >= 15 is 0 Å². The molecule has 0 unspecified atom stereocenters. The topological polar surface area (TPSA) is 52.0 Å². The van der Waals surface area contributed by atoms with E-state index < -0.39 is 6.09 Å². The number of likely N-dealkylation sites (tertiary alicyclic amines) is 1. The molecule has 1 saturated heterocycles. The zero-order valence-electron chi connectivity index (χ0n) is 13.4. The molecule has 0 atom stereocenters. The van der Waals surface area contributed by atoms with Crippen molar-refractivity contribution in [3.8, 4) is 5.75 Å². The SMILES string of the molecule is CCCCOc1ccccc1NC(=O)OCC[NH+]1CCCC1. The Labute approximate surface area is 132 Å². The first-order valence-corrected chi connectivity index (χ1v) is 8.28. The number of carbonyl (C=O) groups is 1. The Morgan fingerprint density at radius 2 is 2.00 bits per heavy atom. The molecule has 0 radical (unpaired) electrons. The molecule has 5 heteroatoms. The zero-order valence-corrected chi connectivity index (χ0v) is 13.4. The van der Waals surface area contributed by atoms with Crippen LogP contribution in [-0.2, 0) is 4.74 Å². The molecule has 2 N–H and O–H groups in total. The predicted octanol–water partition coefficient (Wildman–Crippen LogP) is 2.09. The molecular weight excluding hydrogens is 280 g/mol. The van der Waals surface area contributed by atoms with Crippen LogP contribution in [0.5, 0.6) is 5.75 Å². The highest BCUT2D eigenvalue weighted by molar-refractivity contribution is 5.86. The lowest BCUT2D eigenvalue weighted by Gasteiger charge is -2.14. The average Bonchev–Trinajstić information content (AvgIpc) is 3.02. The number of hydrogen-bond acceptors (Lipinski definition) is 3. The molecule has 5 nitrogen and oxygen atoms in total. The van der Waals surface area contributed by atoms with E-state index in [4.69, 9.17) is 9.47 Å². The second-order valence-corrected chi connectivity index (χ2v) is 5.67. The third-order valence-corrected chi connectivity index (χ3v) is 3.88. The van der Waals surface area contributed by atoms with Gasteiger partial charge in [0.05, 0.1) is 25.4 Å². The van der Waals surface area contributed by atoms with E-state index in [0.717, 1.165) is 19.4 Å². The standard InChI is InChI=1S/C17H26N2O3/c1-2-3-13-21-16-9-5-4-8-15(16)18-17(20)22-14-12-19-10-6-7-11-19/h4-5,8-9H,2-3,6-7,10-14H2,1H3,(H,18,20)/p+1. The minimum absolute atomic E-state index is 0.412. The molecule has 0 aromatic heterocycles. The summed E-state index contributed by atoms with van der Waals surface area (Å²) >= 11 is 0. The molecule has 0 spiro atoms. The van der Waals surface area contributed by atoms with Gasteiger partial charge in [0.2, 0.25) is 0 Å². The van der Waals surface area contributed by atoms with Crippen molar-refractivity contribution < 1.29 is 19.2 Å². The highest BCUT2D eigenvalue weighted by Gasteiger charge is 2.15. The Bertz CT molecular complexity index is 459. The van der Waals surface area contributed by atoms with Crippen LogP contribution in [0.4, 0.5) is 10.5 Å². The lowest BCUT2D eigenvalue weighted by Crippen LogP contribution is -3.10. The molecule has 1 aliphatic rings. The highest BCUT2D eigenvalue weighted by Crippen LogP contribution is 2.24. The molecule has 1 aromatic rings. The van der Waals surface area contributed by atoms with E-state index in [0.29, 0.717) is 24.7 Å². The number of para-hydroxylation sites is 2. The van der Waals surface area contributed by atoms with Gasteiger partial charge in [0.15, 0.2) is 0 Å². The molecule has 0 saturated carbocycles. The molecule has 0 aliphatic carbocycles. The summed E-state index contributed by atoms with van der Waals surface area (Å²) in [5.74, 6) is 0.693. The van der Waals surface area contributed by atoms with Gasteiger partial charge in [-0.1, -0.05) is 25.5 Å². The zero-order chi connectivity index (χ0) is 15.6. The van der Waals surface area contributed by atoms with Crippen molar-refractivity contribution in [1.82, 2.24) is 0 Å². The van der Waals surface area contributed by atoms with Crippen LogP contribution < -0.4 is 15.0 Å². The number of rotatable bonds is 8. The van der Waals surface area contributed by atoms with Gasteiger partial charge >= 0.3 is 6.09 Å². The molecule has 1 aromatic carbocycles. The van der Waals surface area contributed by atoms with Crippen molar-refractivity contribution in [2.75, 3.05) is 38.2 Å². The lowest BCUT2D eigenvalue weighted by molar-refractivity contribution is -0.887. The molecule has 1 aliphatic heterocycles. The Morgan fingerprint density at radius 1 is 1.23 bits per heavy atom. The van der Waals surface area contributed by atoms with E-state index in [9.17, 15) is 4.79 Å². The second-order valence-electron chi connectivity index (χ2n) is 5.67. The maximum Gasteiger partial charge on any atom is 0.411 e. The fourth-order valence-electron chi connectivity index (χ4n) is 2.58. The molecule has 1 heterocycles. The largest absolute Gasteiger partial charge is 0.491 e. The van der Waals surface area contributed by atoms with E-state index in [1.54, 1.807) is 0 Å². The van der Waals surface area contributed by atoms with Gasteiger partial charge in [0, 0.05) is 12.8 Å². The molecule has 1 amide bonds. The second kappa shape index (κ2) is 9.30. The van der Waals surface area contributed by atoms with Crippen molar-refractivity contribution >= 4 is 11.8 Å². The summed E-state index contributed by atoms with van der Waals surface area (Å²) < 4.78 is 11.0. The quantitative estimate of drug-likeness (QED) is 0.723. The molecule has 1 fully saturated rings. The summed E-state index contributed by atoms with van der Waals surface area (Å²) in [6, 6.07) is 7.46. The summed E-state index contributed by atoms with van der Waals surface area (Å²) in [6.07, 6.45) is 4.23. The van der Waals surface area contributed by atoms with Gasteiger partial charge in [0.25, 0.3) is 0 Å². The van der Waals surface area contributed by atoms with Crippen LogP contribution >= 0.6 is 0 Å². The van der Waals surface area contributed by atoms with Gasteiger partial charge < -0.3 is 14.4 Å². The van der Waals surface area contributed by atoms with E-state index in [2.05, 4.69) is 12.2 Å². The van der Waals surface area contributed by atoms with Gasteiger partial charge in [-0.05, 0) is 18.6 Å². The third-order valence-electron chi connectivity index (χ3n) is 3.88. The average molecular weight is 307 g/mol. The van der Waals surface area contributed by atoms with Crippen LogP contribution in [0.25, 0.3) is 0 Å². The van der Waals surface area contributed by atoms with Gasteiger partial charge in [-0.25, -0.2) is 4.79 Å². The lowest BCUT2D eigenvalue weighted by atomic mass is 10.3. The number of carbonyl (C=O) groups excluding carboxylic acids is 1.